The van der Waals surface area contributed by atoms with Gasteiger partial charge in [0.15, 0.2) is 0 Å². The Morgan fingerprint density at radius 3 is 2.91 bits per heavy atom. The standard InChI is InChI=1S/C15H17N3O4/c1-2-7-22-12-4-3-9(16)8-11(12)18-14(20)10-5-6-17-15(21)13(10)19/h3-5,8H,2,6-7,16H2,1H3,(H,17,21)(H,18,20). The monoisotopic (exact) mass is 303 g/mol. The van der Waals surface area contributed by atoms with Crippen LogP contribution in [0, 0.1) is 0 Å². The number of carbonyl (C=O) groups is 3. The lowest BCUT2D eigenvalue weighted by molar-refractivity contribution is -0.137. The number of Topliss-reactive ketones (excluding diaryl/α,β-unsaturated/α-hetero) is 1. The number of anilines is 2. The molecule has 0 saturated carbocycles. The van der Waals surface area contributed by atoms with E-state index in [-0.39, 0.29) is 12.1 Å². The molecule has 7 heteroatoms. The van der Waals surface area contributed by atoms with Crippen LogP contribution >= 0.6 is 0 Å². The molecule has 0 atom stereocenters. The highest BCUT2D eigenvalue weighted by Gasteiger charge is 2.27. The zero-order valence-corrected chi connectivity index (χ0v) is 12.1. The van der Waals surface area contributed by atoms with Gasteiger partial charge in [0.05, 0.1) is 17.9 Å². The molecule has 0 fully saturated rings. The number of nitrogens with one attached hydrogen (secondary N) is 2. The SMILES string of the molecule is CCCOc1ccc(N)cc1NC(=O)C1=CCNC(=O)C1=O. The Bertz CT molecular complexity index is 652. The van der Waals surface area contributed by atoms with Gasteiger partial charge in [-0.2, -0.15) is 0 Å². The molecule has 7 nitrogen and oxygen atoms in total. The van der Waals surface area contributed by atoms with Crippen LogP contribution in [0.25, 0.3) is 0 Å². The Morgan fingerprint density at radius 1 is 1.41 bits per heavy atom. The molecule has 0 aromatic heterocycles. The van der Waals surface area contributed by atoms with Crippen LogP contribution in [-0.4, -0.2) is 30.7 Å². The lowest BCUT2D eigenvalue weighted by Crippen LogP contribution is -2.39. The van der Waals surface area contributed by atoms with Crippen molar-refractivity contribution in [2.24, 2.45) is 0 Å². The lowest BCUT2D eigenvalue weighted by Gasteiger charge is -2.15. The van der Waals surface area contributed by atoms with Crippen molar-refractivity contribution in [3.05, 3.63) is 29.8 Å². The fourth-order valence-electron chi connectivity index (χ4n) is 1.91. The van der Waals surface area contributed by atoms with Gasteiger partial charge in [0.1, 0.15) is 5.75 Å². The number of nitrogens with two attached hydrogens (primary N) is 1. The van der Waals surface area contributed by atoms with E-state index >= 15 is 0 Å². The second-order valence-corrected chi connectivity index (χ2v) is 4.72. The number of rotatable bonds is 5. The predicted octanol–water partition coefficient (Wildman–Crippen LogP) is 0.621. The normalized spacial score (nSPS) is 14.1. The maximum Gasteiger partial charge on any atom is 0.292 e. The second kappa shape index (κ2) is 6.75. The molecular formula is C15H17N3O4. The minimum absolute atomic E-state index is 0.142. The highest BCUT2D eigenvalue weighted by molar-refractivity contribution is 6.50. The van der Waals surface area contributed by atoms with E-state index in [1.807, 2.05) is 6.92 Å². The molecule has 0 radical (unpaired) electrons. The minimum Gasteiger partial charge on any atom is -0.491 e. The fraction of sp³-hybridized carbons (Fsp3) is 0.267. The predicted molar refractivity (Wildman–Crippen MR) is 81.4 cm³/mol. The lowest BCUT2D eigenvalue weighted by atomic mass is 10.1. The summed E-state index contributed by atoms with van der Waals surface area (Å²) in [6.07, 6.45) is 2.18. The van der Waals surface area contributed by atoms with Gasteiger partial charge in [-0.3, -0.25) is 14.4 Å². The first kappa shape index (κ1) is 15.6. The van der Waals surface area contributed by atoms with Gasteiger partial charge in [-0.15, -0.1) is 0 Å². The number of benzene rings is 1. The molecule has 116 valence electrons. The van der Waals surface area contributed by atoms with E-state index in [2.05, 4.69) is 10.6 Å². The van der Waals surface area contributed by atoms with Crippen LogP contribution in [0.3, 0.4) is 0 Å². The number of nitrogen functional groups attached to an aromatic ring is 1. The van der Waals surface area contributed by atoms with Crippen molar-refractivity contribution in [1.29, 1.82) is 0 Å². The van der Waals surface area contributed by atoms with Crippen molar-refractivity contribution in [3.63, 3.8) is 0 Å². The first-order chi connectivity index (χ1) is 10.5. The van der Waals surface area contributed by atoms with E-state index in [0.29, 0.717) is 23.7 Å². The highest BCUT2D eigenvalue weighted by atomic mass is 16.5. The van der Waals surface area contributed by atoms with E-state index in [4.69, 9.17) is 10.5 Å². The van der Waals surface area contributed by atoms with Crippen LogP contribution in [0.2, 0.25) is 0 Å². The summed E-state index contributed by atoms with van der Waals surface area (Å²) in [6.45, 7) is 2.58. The highest BCUT2D eigenvalue weighted by Crippen LogP contribution is 2.27. The molecule has 0 bridgehead atoms. The molecule has 22 heavy (non-hydrogen) atoms. The average molecular weight is 303 g/mol. The zero-order valence-electron chi connectivity index (χ0n) is 12.1. The summed E-state index contributed by atoms with van der Waals surface area (Å²) in [7, 11) is 0. The third-order valence-electron chi connectivity index (χ3n) is 2.98. The van der Waals surface area contributed by atoms with Crippen LogP contribution in [0.5, 0.6) is 5.75 Å². The van der Waals surface area contributed by atoms with Gasteiger partial charge in [0.25, 0.3) is 17.6 Å². The van der Waals surface area contributed by atoms with Crippen LogP contribution < -0.4 is 21.1 Å². The topological polar surface area (TPSA) is 111 Å². The van der Waals surface area contributed by atoms with Gasteiger partial charge >= 0.3 is 0 Å². The zero-order chi connectivity index (χ0) is 16.1. The molecule has 0 saturated heterocycles. The van der Waals surface area contributed by atoms with Crippen molar-refractivity contribution in [3.8, 4) is 5.75 Å². The summed E-state index contributed by atoms with van der Waals surface area (Å²) in [6, 6.07) is 4.83. The molecule has 0 spiro atoms. The summed E-state index contributed by atoms with van der Waals surface area (Å²) >= 11 is 0. The Labute approximate surface area is 127 Å². The van der Waals surface area contributed by atoms with Crippen molar-refractivity contribution in [1.82, 2.24) is 5.32 Å². The van der Waals surface area contributed by atoms with Gasteiger partial charge in [0.2, 0.25) is 0 Å². The van der Waals surface area contributed by atoms with Crippen LogP contribution in [0.4, 0.5) is 11.4 Å². The number of ether oxygens (including phenoxy) is 1. The largest absolute Gasteiger partial charge is 0.491 e. The van der Waals surface area contributed by atoms with E-state index in [9.17, 15) is 14.4 Å². The number of hydrogen-bond donors (Lipinski definition) is 3. The first-order valence-electron chi connectivity index (χ1n) is 6.89. The summed E-state index contributed by atoms with van der Waals surface area (Å²) in [5, 5.41) is 4.91. The minimum atomic E-state index is -0.858. The fourth-order valence-corrected chi connectivity index (χ4v) is 1.91. The molecule has 0 unspecified atom stereocenters. The third-order valence-corrected chi connectivity index (χ3v) is 2.98. The molecule has 0 aliphatic carbocycles. The van der Waals surface area contributed by atoms with Gasteiger partial charge in [0, 0.05) is 12.2 Å². The van der Waals surface area contributed by atoms with Crippen molar-refractivity contribution < 1.29 is 19.1 Å². The van der Waals surface area contributed by atoms with E-state index in [1.54, 1.807) is 12.1 Å². The summed E-state index contributed by atoms with van der Waals surface area (Å²) < 4.78 is 5.52. The smallest absolute Gasteiger partial charge is 0.292 e. The van der Waals surface area contributed by atoms with Crippen LogP contribution in [0.15, 0.2) is 29.8 Å². The number of ketones is 1. The second-order valence-electron chi connectivity index (χ2n) is 4.72. The van der Waals surface area contributed by atoms with Gasteiger partial charge < -0.3 is 21.1 Å². The van der Waals surface area contributed by atoms with E-state index in [1.165, 1.54) is 12.1 Å². The van der Waals surface area contributed by atoms with Crippen molar-refractivity contribution in [2.45, 2.75) is 13.3 Å². The molecule has 2 amide bonds. The Kier molecular flexibility index (Phi) is 4.77. The summed E-state index contributed by atoms with van der Waals surface area (Å²) in [4.78, 5) is 35.2. The van der Waals surface area contributed by atoms with Crippen LogP contribution in [-0.2, 0) is 14.4 Å². The quantitative estimate of drug-likeness (QED) is 0.419. The molecular weight excluding hydrogens is 286 g/mol. The molecule has 1 aliphatic rings. The van der Waals surface area contributed by atoms with Gasteiger partial charge in [-0.25, -0.2) is 0 Å². The maximum atomic E-state index is 12.2. The van der Waals surface area contributed by atoms with Gasteiger partial charge in [-0.1, -0.05) is 6.92 Å². The summed E-state index contributed by atoms with van der Waals surface area (Å²) in [5.41, 5.74) is 6.32. The Balaban J connectivity index is 2.20. The molecule has 1 heterocycles. The number of carbonyl (C=O) groups excluding carboxylic acids is 3. The number of hydrogen-bond acceptors (Lipinski definition) is 5. The Morgan fingerprint density at radius 2 is 2.18 bits per heavy atom. The first-order valence-corrected chi connectivity index (χ1v) is 6.89. The number of amides is 2. The van der Waals surface area contributed by atoms with E-state index < -0.39 is 17.6 Å². The van der Waals surface area contributed by atoms with E-state index in [0.717, 1.165) is 6.42 Å². The van der Waals surface area contributed by atoms with Gasteiger partial charge in [-0.05, 0) is 30.7 Å². The molecule has 1 aromatic rings. The molecule has 1 aromatic carbocycles. The van der Waals surface area contributed by atoms with Crippen molar-refractivity contribution in [2.75, 3.05) is 24.2 Å². The molecule has 2 rings (SSSR count). The van der Waals surface area contributed by atoms with Crippen LogP contribution in [0.1, 0.15) is 13.3 Å². The third kappa shape index (κ3) is 3.43. The van der Waals surface area contributed by atoms with Crippen molar-refractivity contribution >= 4 is 29.0 Å². The average Bonchev–Trinajstić information content (AvgIpc) is 2.49. The summed E-state index contributed by atoms with van der Waals surface area (Å²) in [5.74, 6) is -1.85. The maximum absolute atomic E-state index is 12.2. The molecule has 4 N–H and O–H groups in total. The Hall–Kier alpha value is -2.83. The molecule has 1 aliphatic heterocycles.